The number of aryl methyl sites for hydroxylation is 1. The minimum atomic E-state index is -0.209. The number of hydrogen-bond acceptors (Lipinski definition) is 7. The topological polar surface area (TPSA) is 95.1 Å². The number of thioether (sulfide) groups is 1. The van der Waals surface area contributed by atoms with Crippen LogP contribution in [0.3, 0.4) is 0 Å². The Kier molecular flexibility index (Phi) is 5.80. The van der Waals surface area contributed by atoms with Crippen molar-refractivity contribution >= 4 is 23.5 Å². The molecule has 0 radical (unpaired) electrons. The van der Waals surface area contributed by atoms with Gasteiger partial charge in [0.05, 0.1) is 12.9 Å². The highest BCUT2D eigenvalue weighted by Gasteiger charge is 2.18. The minimum Gasteiger partial charge on any atom is -0.497 e. The van der Waals surface area contributed by atoms with Gasteiger partial charge in [-0.2, -0.15) is 0 Å². The van der Waals surface area contributed by atoms with Gasteiger partial charge in [0.1, 0.15) is 11.5 Å². The quantitative estimate of drug-likeness (QED) is 0.451. The maximum absolute atomic E-state index is 12.3. The van der Waals surface area contributed by atoms with Crippen LogP contribution in [-0.4, -0.2) is 38.7 Å². The van der Waals surface area contributed by atoms with E-state index < -0.39 is 0 Å². The summed E-state index contributed by atoms with van der Waals surface area (Å²) < 4.78 is 12.2. The van der Waals surface area contributed by atoms with Gasteiger partial charge in [0, 0.05) is 17.3 Å². The highest BCUT2D eigenvalue weighted by atomic mass is 32.2. The molecule has 0 spiro atoms. The number of anilines is 1. The van der Waals surface area contributed by atoms with E-state index >= 15 is 0 Å². The van der Waals surface area contributed by atoms with E-state index in [1.807, 2.05) is 59.2 Å². The third-order valence-electron chi connectivity index (χ3n) is 4.20. The Hall–Kier alpha value is -3.59. The fourth-order valence-corrected chi connectivity index (χ4v) is 3.61. The molecule has 0 aliphatic heterocycles. The number of ether oxygens (including phenoxy) is 1. The molecule has 2 aromatic heterocycles. The molecule has 0 aliphatic carbocycles. The third kappa shape index (κ3) is 4.36. The second-order valence-electron chi connectivity index (χ2n) is 6.37. The summed E-state index contributed by atoms with van der Waals surface area (Å²) in [4.78, 5) is 12.3. The van der Waals surface area contributed by atoms with Crippen molar-refractivity contribution in [3.8, 4) is 22.8 Å². The Morgan fingerprint density at radius 1 is 1.13 bits per heavy atom. The van der Waals surface area contributed by atoms with Crippen molar-refractivity contribution in [3.63, 3.8) is 0 Å². The van der Waals surface area contributed by atoms with Gasteiger partial charge in [0.15, 0.2) is 16.8 Å². The predicted octanol–water partition coefficient (Wildman–Crippen LogP) is 3.97. The van der Waals surface area contributed by atoms with Gasteiger partial charge in [-0.05, 0) is 31.2 Å². The number of carbonyl (C=O) groups excluding carboxylic acids is 1. The molecule has 2 heterocycles. The first kappa shape index (κ1) is 19.7. The molecule has 4 rings (SSSR count). The van der Waals surface area contributed by atoms with Crippen LogP contribution >= 0.6 is 11.8 Å². The van der Waals surface area contributed by atoms with E-state index in [0.29, 0.717) is 22.6 Å². The Morgan fingerprint density at radius 2 is 1.97 bits per heavy atom. The van der Waals surface area contributed by atoms with Gasteiger partial charge < -0.3 is 14.6 Å². The van der Waals surface area contributed by atoms with Crippen LogP contribution in [0, 0.1) is 6.92 Å². The molecule has 4 aromatic rings. The summed E-state index contributed by atoms with van der Waals surface area (Å²) in [5.74, 6) is 2.35. The van der Waals surface area contributed by atoms with Crippen molar-refractivity contribution in [1.29, 1.82) is 0 Å². The maximum Gasteiger partial charge on any atom is 0.236 e. The Bertz CT molecular complexity index is 1160. The first-order valence-electron chi connectivity index (χ1n) is 9.15. The number of benzene rings is 2. The zero-order valence-electron chi connectivity index (χ0n) is 16.4. The molecule has 2 aromatic carbocycles. The number of nitrogens with one attached hydrogen (secondary N) is 1. The molecule has 30 heavy (non-hydrogen) atoms. The number of para-hydroxylation sites is 1. The van der Waals surface area contributed by atoms with E-state index in [2.05, 4.69) is 20.7 Å². The Labute approximate surface area is 177 Å². The van der Waals surface area contributed by atoms with Crippen LogP contribution in [0.4, 0.5) is 5.82 Å². The highest BCUT2D eigenvalue weighted by Crippen LogP contribution is 2.29. The average Bonchev–Trinajstić information content (AvgIpc) is 3.39. The first-order chi connectivity index (χ1) is 14.6. The lowest BCUT2D eigenvalue weighted by Gasteiger charge is -2.11. The number of nitrogens with zero attached hydrogens (tertiary/aromatic N) is 4. The van der Waals surface area contributed by atoms with Crippen LogP contribution in [0.2, 0.25) is 0 Å². The summed E-state index contributed by atoms with van der Waals surface area (Å²) in [6, 6.07) is 19.0. The standard InChI is InChI=1S/C21H19N5O3S/c1-14-11-18(25-29-14)22-19(27)13-30-21-24-23-20(15-7-6-10-17(12-15)28-2)26(21)16-8-4-3-5-9-16/h3-12H,13H2,1-2H3,(H,22,25,27). The van der Waals surface area contributed by atoms with Gasteiger partial charge in [-0.3, -0.25) is 9.36 Å². The van der Waals surface area contributed by atoms with E-state index in [9.17, 15) is 4.79 Å². The molecule has 0 saturated carbocycles. The van der Waals surface area contributed by atoms with Gasteiger partial charge in [-0.15, -0.1) is 10.2 Å². The predicted molar refractivity (Wildman–Crippen MR) is 114 cm³/mol. The van der Waals surface area contributed by atoms with Gasteiger partial charge in [0.2, 0.25) is 5.91 Å². The van der Waals surface area contributed by atoms with Gasteiger partial charge in [-0.25, -0.2) is 0 Å². The normalized spacial score (nSPS) is 10.7. The molecule has 8 nitrogen and oxygen atoms in total. The fourth-order valence-electron chi connectivity index (χ4n) is 2.86. The smallest absolute Gasteiger partial charge is 0.236 e. The van der Waals surface area contributed by atoms with Gasteiger partial charge in [0.25, 0.3) is 0 Å². The number of amides is 1. The Balaban J connectivity index is 1.61. The van der Waals surface area contributed by atoms with Crippen molar-refractivity contribution in [1.82, 2.24) is 19.9 Å². The molecular formula is C21H19N5O3S. The van der Waals surface area contributed by atoms with Crippen LogP contribution in [0.5, 0.6) is 5.75 Å². The van der Waals surface area contributed by atoms with Crippen LogP contribution in [0.25, 0.3) is 17.1 Å². The SMILES string of the molecule is COc1cccc(-c2nnc(SCC(=O)Nc3cc(C)on3)n2-c2ccccc2)c1. The molecule has 0 saturated heterocycles. The van der Waals surface area contributed by atoms with E-state index in [0.717, 1.165) is 17.0 Å². The van der Waals surface area contributed by atoms with Crippen molar-refractivity contribution in [2.45, 2.75) is 12.1 Å². The molecular weight excluding hydrogens is 402 g/mol. The van der Waals surface area contributed by atoms with E-state index in [1.165, 1.54) is 11.8 Å². The molecule has 0 aliphatic rings. The van der Waals surface area contributed by atoms with Gasteiger partial charge >= 0.3 is 0 Å². The van der Waals surface area contributed by atoms with Crippen LogP contribution < -0.4 is 10.1 Å². The second kappa shape index (κ2) is 8.83. The van der Waals surface area contributed by atoms with Crippen molar-refractivity contribution < 1.29 is 14.1 Å². The summed E-state index contributed by atoms with van der Waals surface area (Å²) in [6.07, 6.45) is 0. The molecule has 0 bridgehead atoms. The Morgan fingerprint density at radius 3 is 2.70 bits per heavy atom. The molecule has 152 valence electrons. The van der Waals surface area contributed by atoms with Crippen LogP contribution in [0.15, 0.2) is 70.3 Å². The number of methoxy groups -OCH3 is 1. The number of hydrogen-bond donors (Lipinski definition) is 1. The van der Waals surface area contributed by atoms with E-state index in [-0.39, 0.29) is 11.7 Å². The lowest BCUT2D eigenvalue weighted by atomic mass is 10.2. The lowest BCUT2D eigenvalue weighted by Crippen LogP contribution is -2.14. The maximum atomic E-state index is 12.3. The van der Waals surface area contributed by atoms with E-state index in [1.54, 1.807) is 20.1 Å². The van der Waals surface area contributed by atoms with Gasteiger partial charge in [-0.1, -0.05) is 47.3 Å². The average molecular weight is 421 g/mol. The molecule has 1 amide bonds. The lowest BCUT2D eigenvalue weighted by molar-refractivity contribution is -0.113. The number of rotatable bonds is 7. The summed E-state index contributed by atoms with van der Waals surface area (Å²) in [5.41, 5.74) is 1.76. The summed E-state index contributed by atoms with van der Waals surface area (Å²) >= 11 is 1.29. The molecule has 0 unspecified atom stereocenters. The number of aromatic nitrogens is 4. The molecule has 9 heteroatoms. The van der Waals surface area contributed by atoms with Crippen molar-refractivity contribution in [2.75, 3.05) is 18.2 Å². The van der Waals surface area contributed by atoms with Crippen molar-refractivity contribution in [3.05, 3.63) is 66.4 Å². The fraction of sp³-hybridized carbons (Fsp3) is 0.143. The second-order valence-corrected chi connectivity index (χ2v) is 7.31. The number of carbonyl (C=O) groups is 1. The molecule has 0 fully saturated rings. The third-order valence-corrected chi connectivity index (χ3v) is 5.13. The monoisotopic (exact) mass is 421 g/mol. The van der Waals surface area contributed by atoms with Crippen LogP contribution in [-0.2, 0) is 4.79 Å². The molecule has 0 atom stereocenters. The summed E-state index contributed by atoms with van der Waals surface area (Å²) in [7, 11) is 1.62. The largest absolute Gasteiger partial charge is 0.497 e. The van der Waals surface area contributed by atoms with E-state index in [4.69, 9.17) is 9.26 Å². The zero-order chi connectivity index (χ0) is 20.9. The zero-order valence-corrected chi connectivity index (χ0v) is 17.2. The minimum absolute atomic E-state index is 0.148. The van der Waals surface area contributed by atoms with Crippen molar-refractivity contribution in [2.24, 2.45) is 0 Å². The molecule has 1 N–H and O–H groups in total. The first-order valence-corrected chi connectivity index (χ1v) is 10.1. The summed E-state index contributed by atoms with van der Waals surface area (Å²) in [5, 5.41) is 15.8. The highest BCUT2D eigenvalue weighted by molar-refractivity contribution is 7.99. The van der Waals surface area contributed by atoms with Crippen LogP contribution in [0.1, 0.15) is 5.76 Å². The summed E-state index contributed by atoms with van der Waals surface area (Å²) in [6.45, 7) is 1.76.